The van der Waals surface area contributed by atoms with Crippen LogP contribution in [0.5, 0.6) is 0 Å². The minimum Gasteiger partial charge on any atom is -0.353 e. The Labute approximate surface area is 237 Å². The minimum atomic E-state index is 0.0400. The molecule has 2 unspecified atom stereocenters. The molecule has 3 aliphatic rings. The lowest BCUT2D eigenvalue weighted by Crippen LogP contribution is -2.38. The number of carbonyl (C=O) groups is 2. The number of aromatic amines is 2. The molecule has 8 nitrogen and oxygen atoms in total. The Hall–Kier alpha value is -3.42. The Bertz CT molecular complexity index is 1210. The van der Waals surface area contributed by atoms with Crippen LogP contribution in [0.15, 0.2) is 43.0 Å². The molecular formula is C32H44N6O2. The normalized spacial score (nSPS) is 20.4. The van der Waals surface area contributed by atoms with Crippen molar-refractivity contribution in [2.24, 2.45) is 11.8 Å². The van der Waals surface area contributed by atoms with E-state index in [1.165, 1.54) is 56.3 Å². The molecule has 0 spiro atoms. The Kier molecular flexibility index (Phi) is 10.0. The summed E-state index contributed by atoms with van der Waals surface area (Å²) in [4.78, 5) is 39.1. The van der Waals surface area contributed by atoms with E-state index in [2.05, 4.69) is 30.6 Å². The molecule has 0 bridgehead atoms. The highest BCUT2D eigenvalue weighted by Gasteiger charge is 2.26. The monoisotopic (exact) mass is 544 g/mol. The van der Waals surface area contributed by atoms with Crippen LogP contribution in [-0.2, 0) is 35.3 Å². The van der Waals surface area contributed by atoms with Crippen LogP contribution in [0.2, 0.25) is 0 Å². The average molecular weight is 545 g/mol. The molecule has 8 heteroatoms. The Balaban J connectivity index is 0.000000164. The number of para-hydroxylation sites is 1. The molecule has 0 radical (unpaired) electrons. The van der Waals surface area contributed by atoms with Gasteiger partial charge < -0.3 is 20.6 Å². The number of fused-ring (bicyclic) bond motifs is 2. The molecular weight excluding hydrogens is 500 g/mol. The zero-order valence-corrected chi connectivity index (χ0v) is 23.6. The summed E-state index contributed by atoms with van der Waals surface area (Å²) in [5.41, 5.74) is 5.46. The average Bonchev–Trinajstić information content (AvgIpc) is 3.66. The van der Waals surface area contributed by atoms with Gasteiger partial charge in [-0.2, -0.15) is 0 Å². The molecule has 214 valence electrons. The fraction of sp³-hybridized carbons (Fsp3) is 0.562. The van der Waals surface area contributed by atoms with Crippen LogP contribution in [0.4, 0.5) is 5.69 Å². The maximum absolute atomic E-state index is 12.2. The first-order valence-electron chi connectivity index (χ1n) is 15.3. The third kappa shape index (κ3) is 8.05. The quantitative estimate of drug-likeness (QED) is 0.273. The van der Waals surface area contributed by atoms with E-state index in [-0.39, 0.29) is 17.7 Å². The minimum absolute atomic E-state index is 0.0400. The second-order valence-electron chi connectivity index (χ2n) is 11.7. The molecule has 2 heterocycles. The number of hydrogen-bond donors (Lipinski definition) is 4. The van der Waals surface area contributed by atoms with Gasteiger partial charge in [-0.05, 0) is 50.2 Å². The molecule has 1 saturated carbocycles. The number of carbonyl (C=O) groups excluding carboxylic acids is 2. The molecule has 1 fully saturated rings. The molecule has 3 aromatic rings. The van der Waals surface area contributed by atoms with Gasteiger partial charge >= 0.3 is 0 Å². The highest BCUT2D eigenvalue weighted by atomic mass is 16.2. The lowest BCUT2D eigenvalue weighted by Gasteiger charge is -2.23. The van der Waals surface area contributed by atoms with Crippen molar-refractivity contribution in [3.63, 3.8) is 0 Å². The zero-order chi connectivity index (χ0) is 27.6. The highest BCUT2D eigenvalue weighted by Crippen LogP contribution is 2.28. The van der Waals surface area contributed by atoms with Crippen molar-refractivity contribution in [2.75, 3.05) is 5.32 Å². The van der Waals surface area contributed by atoms with Gasteiger partial charge in [0.05, 0.1) is 24.0 Å². The number of anilines is 1. The predicted molar refractivity (Wildman–Crippen MR) is 157 cm³/mol. The predicted octanol–water partition coefficient (Wildman–Crippen LogP) is 5.68. The smallest absolute Gasteiger partial charge is 0.227 e. The van der Waals surface area contributed by atoms with Gasteiger partial charge in [0.25, 0.3) is 0 Å². The number of imidazole rings is 2. The van der Waals surface area contributed by atoms with E-state index < -0.39 is 0 Å². The van der Waals surface area contributed by atoms with E-state index in [1.54, 1.807) is 12.7 Å². The van der Waals surface area contributed by atoms with Crippen LogP contribution in [0.25, 0.3) is 0 Å². The fourth-order valence-electron chi connectivity index (χ4n) is 6.41. The molecule has 6 rings (SSSR count). The van der Waals surface area contributed by atoms with E-state index in [1.807, 2.05) is 30.3 Å². The lowest BCUT2D eigenvalue weighted by atomic mass is 9.85. The number of aromatic nitrogens is 4. The summed E-state index contributed by atoms with van der Waals surface area (Å²) in [5.74, 6) is 1.31. The van der Waals surface area contributed by atoms with Gasteiger partial charge in [-0.1, -0.05) is 63.1 Å². The number of rotatable bonds is 8. The first-order chi connectivity index (χ1) is 19.6. The second kappa shape index (κ2) is 14.3. The third-order valence-corrected chi connectivity index (χ3v) is 8.74. The van der Waals surface area contributed by atoms with Gasteiger partial charge in [0, 0.05) is 48.3 Å². The largest absolute Gasteiger partial charge is 0.353 e. The summed E-state index contributed by atoms with van der Waals surface area (Å²) in [6, 6.07) is 9.88. The molecule has 2 amide bonds. The number of nitrogens with one attached hydrogen (secondary N) is 4. The number of nitrogens with zero attached hydrogens (tertiary/aromatic N) is 2. The topological polar surface area (TPSA) is 116 Å². The molecule has 40 heavy (non-hydrogen) atoms. The zero-order valence-electron chi connectivity index (χ0n) is 23.6. The van der Waals surface area contributed by atoms with Crippen molar-refractivity contribution in [3.8, 4) is 0 Å². The van der Waals surface area contributed by atoms with Crippen molar-refractivity contribution in [1.82, 2.24) is 25.3 Å². The lowest BCUT2D eigenvalue weighted by molar-refractivity contribution is -0.122. The number of aryl methyl sites for hydroxylation is 2. The number of amides is 2. The van der Waals surface area contributed by atoms with E-state index in [0.717, 1.165) is 67.9 Å². The maximum Gasteiger partial charge on any atom is 0.227 e. The van der Waals surface area contributed by atoms with Crippen LogP contribution in [-0.4, -0.2) is 37.8 Å². The van der Waals surface area contributed by atoms with Gasteiger partial charge in [-0.25, -0.2) is 9.97 Å². The maximum atomic E-state index is 12.2. The summed E-state index contributed by atoms with van der Waals surface area (Å²) in [6.07, 6.45) is 20.3. The summed E-state index contributed by atoms with van der Waals surface area (Å²) in [5, 5.41) is 6.16. The van der Waals surface area contributed by atoms with Crippen molar-refractivity contribution in [2.45, 2.75) is 102 Å². The number of H-pyrrole nitrogens is 2. The Morgan fingerprint density at radius 1 is 0.825 bits per heavy atom. The van der Waals surface area contributed by atoms with Crippen molar-refractivity contribution in [3.05, 3.63) is 65.8 Å². The molecule has 1 aromatic carbocycles. The van der Waals surface area contributed by atoms with E-state index in [0.29, 0.717) is 12.5 Å². The van der Waals surface area contributed by atoms with E-state index in [4.69, 9.17) is 0 Å². The molecule has 4 N–H and O–H groups in total. The fourth-order valence-corrected chi connectivity index (χ4v) is 6.41. The van der Waals surface area contributed by atoms with E-state index in [9.17, 15) is 9.59 Å². The molecule has 3 aliphatic carbocycles. The van der Waals surface area contributed by atoms with Crippen LogP contribution in [0, 0.1) is 11.8 Å². The van der Waals surface area contributed by atoms with Crippen LogP contribution in [0.3, 0.4) is 0 Å². The van der Waals surface area contributed by atoms with Gasteiger partial charge in [-0.15, -0.1) is 0 Å². The molecule has 2 aromatic heterocycles. The van der Waals surface area contributed by atoms with Gasteiger partial charge in [0.1, 0.15) is 0 Å². The number of unbranched alkanes of at least 4 members (excludes halogenated alkanes) is 1. The standard InChI is InChI=1S/C18H29N3O.C14H15N3O/c22-18(9-5-4-8-14-6-2-1-3-7-14)21-15-10-11-16-17(12-15)20-13-19-16;18-14(17-11-4-2-1-3-5-11)10-6-7-12-13(8-10)16-9-15-12/h13-15H,1-12H2,(H,19,20)(H,21,22);1-5,9-10H,6-8H2,(H,15,16)(H,17,18). The van der Waals surface area contributed by atoms with Gasteiger partial charge in [0.2, 0.25) is 11.8 Å². The summed E-state index contributed by atoms with van der Waals surface area (Å²) in [7, 11) is 0. The summed E-state index contributed by atoms with van der Waals surface area (Å²) in [6.45, 7) is 0. The van der Waals surface area contributed by atoms with Crippen molar-refractivity contribution >= 4 is 17.5 Å². The van der Waals surface area contributed by atoms with Crippen LogP contribution in [0.1, 0.15) is 93.4 Å². The van der Waals surface area contributed by atoms with Crippen molar-refractivity contribution in [1.29, 1.82) is 0 Å². The Morgan fingerprint density at radius 3 is 2.27 bits per heavy atom. The molecule has 0 aliphatic heterocycles. The van der Waals surface area contributed by atoms with Crippen LogP contribution >= 0.6 is 0 Å². The SMILES string of the molecule is O=C(CCCCC1CCCCC1)NC1CCc2nc[nH]c2C1.O=C(Nc1ccccc1)C1CCc2nc[nH]c2C1. The highest BCUT2D eigenvalue weighted by molar-refractivity contribution is 5.92. The summed E-state index contributed by atoms with van der Waals surface area (Å²) >= 11 is 0. The van der Waals surface area contributed by atoms with Gasteiger partial charge in [-0.3, -0.25) is 9.59 Å². The number of benzene rings is 1. The first kappa shape index (κ1) is 28.1. The second-order valence-corrected chi connectivity index (χ2v) is 11.7. The molecule has 0 saturated heterocycles. The first-order valence-corrected chi connectivity index (χ1v) is 15.3. The number of hydrogen-bond acceptors (Lipinski definition) is 4. The summed E-state index contributed by atoms with van der Waals surface area (Å²) < 4.78 is 0. The van der Waals surface area contributed by atoms with Crippen molar-refractivity contribution < 1.29 is 9.59 Å². The van der Waals surface area contributed by atoms with E-state index >= 15 is 0 Å². The van der Waals surface area contributed by atoms with Gasteiger partial charge in [0.15, 0.2) is 0 Å². The Morgan fingerprint density at radius 2 is 1.52 bits per heavy atom. The molecule has 2 atom stereocenters. The van der Waals surface area contributed by atoms with Crippen LogP contribution < -0.4 is 10.6 Å². The third-order valence-electron chi connectivity index (χ3n) is 8.74.